The largest absolute Gasteiger partial charge is 0.307 e. The molecular formula is C12H18N2. The topological polar surface area (TPSA) is 24.9 Å². The van der Waals surface area contributed by atoms with Gasteiger partial charge < -0.3 is 5.32 Å². The average Bonchev–Trinajstić information content (AvgIpc) is 2.13. The van der Waals surface area contributed by atoms with Gasteiger partial charge in [0.25, 0.3) is 0 Å². The summed E-state index contributed by atoms with van der Waals surface area (Å²) in [4.78, 5) is 4.19. The Bertz CT molecular complexity index is 318. The van der Waals surface area contributed by atoms with Crippen LogP contribution in [0.25, 0.3) is 0 Å². The molecule has 0 aromatic carbocycles. The van der Waals surface area contributed by atoms with Crippen molar-refractivity contribution in [1.82, 2.24) is 10.3 Å². The zero-order chi connectivity index (χ0) is 10.6. The smallest absolute Gasteiger partial charge is 0.0546 e. The predicted molar refractivity (Wildman–Crippen MR) is 60.2 cm³/mol. The van der Waals surface area contributed by atoms with Crippen LogP contribution >= 0.6 is 0 Å². The van der Waals surface area contributed by atoms with E-state index in [1.165, 1.54) is 11.1 Å². The summed E-state index contributed by atoms with van der Waals surface area (Å²) in [5, 5.41) is 3.39. The van der Waals surface area contributed by atoms with E-state index in [1.807, 2.05) is 19.3 Å². The van der Waals surface area contributed by atoms with Crippen LogP contribution in [0.4, 0.5) is 0 Å². The van der Waals surface area contributed by atoms with E-state index in [1.54, 1.807) is 0 Å². The van der Waals surface area contributed by atoms with Crippen LogP contribution in [0.2, 0.25) is 0 Å². The molecule has 1 unspecified atom stereocenters. The second kappa shape index (κ2) is 4.91. The van der Waals surface area contributed by atoms with Crippen molar-refractivity contribution in [3.8, 4) is 0 Å². The molecule has 1 rings (SSSR count). The fourth-order valence-electron chi connectivity index (χ4n) is 1.52. The van der Waals surface area contributed by atoms with E-state index in [2.05, 4.69) is 36.8 Å². The standard InChI is InChI=1S/C12H18N2/c1-5-14-12(9(2)3)11-6-10(4)7-13-8-11/h6-8,12,14H,2,5H2,1,3-4H3. The summed E-state index contributed by atoms with van der Waals surface area (Å²) in [7, 11) is 0. The molecule has 0 saturated carbocycles. The Morgan fingerprint density at radius 3 is 2.79 bits per heavy atom. The summed E-state index contributed by atoms with van der Waals surface area (Å²) in [6.07, 6.45) is 3.76. The van der Waals surface area contributed by atoms with Gasteiger partial charge in [-0.3, -0.25) is 4.98 Å². The molecule has 0 aliphatic carbocycles. The Morgan fingerprint density at radius 1 is 1.57 bits per heavy atom. The monoisotopic (exact) mass is 190 g/mol. The third-order valence-electron chi connectivity index (χ3n) is 2.13. The van der Waals surface area contributed by atoms with Gasteiger partial charge in [0.15, 0.2) is 0 Å². The SMILES string of the molecule is C=C(C)C(NCC)c1cncc(C)c1. The molecular weight excluding hydrogens is 172 g/mol. The first-order valence-corrected chi connectivity index (χ1v) is 4.95. The van der Waals surface area contributed by atoms with Crippen LogP contribution in [0.5, 0.6) is 0 Å². The summed E-state index contributed by atoms with van der Waals surface area (Å²) in [6, 6.07) is 2.38. The molecule has 2 nitrogen and oxygen atoms in total. The van der Waals surface area contributed by atoms with Gasteiger partial charge in [-0.15, -0.1) is 0 Å². The third-order valence-corrected chi connectivity index (χ3v) is 2.13. The molecule has 1 aromatic rings. The van der Waals surface area contributed by atoms with Crippen LogP contribution in [0.15, 0.2) is 30.6 Å². The van der Waals surface area contributed by atoms with E-state index in [0.717, 1.165) is 12.1 Å². The fraction of sp³-hybridized carbons (Fsp3) is 0.417. The zero-order valence-electron chi connectivity index (χ0n) is 9.17. The van der Waals surface area contributed by atoms with Crippen molar-refractivity contribution >= 4 is 0 Å². The minimum atomic E-state index is 0.229. The Hall–Kier alpha value is -1.15. The molecule has 1 N–H and O–H groups in total. The Labute approximate surface area is 86.1 Å². The molecule has 0 aliphatic rings. The van der Waals surface area contributed by atoms with Gasteiger partial charge in [0.05, 0.1) is 6.04 Å². The number of hydrogen-bond donors (Lipinski definition) is 1. The van der Waals surface area contributed by atoms with Crippen LogP contribution in [-0.4, -0.2) is 11.5 Å². The minimum absolute atomic E-state index is 0.229. The molecule has 1 heterocycles. The van der Waals surface area contributed by atoms with E-state index in [4.69, 9.17) is 0 Å². The zero-order valence-corrected chi connectivity index (χ0v) is 9.17. The molecule has 1 aromatic heterocycles. The maximum absolute atomic E-state index is 4.19. The van der Waals surface area contributed by atoms with Crippen molar-refractivity contribution in [2.45, 2.75) is 26.8 Å². The van der Waals surface area contributed by atoms with Crippen molar-refractivity contribution in [2.24, 2.45) is 0 Å². The highest BCUT2D eigenvalue weighted by atomic mass is 14.9. The van der Waals surface area contributed by atoms with Crippen molar-refractivity contribution < 1.29 is 0 Å². The van der Waals surface area contributed by atoms with Crippen molar-refractivity contribution in [3.63, 3.8) is 0 Å². The minimum Gasteiger partial charge on any atom is -0.307 e. The van der Waals surface area contributed by atoms with Gasteiger partial charge in [0, 0.05) is 12.4 Å². The first-order chi connectivity index (χ1) is 6.65. The second-order valence-electron chi connectivity index (χ2n) is 3.63. The van der Waals surface area contributed by atoms with Crippen molar-refractivity contribution in [1.29, 1.82) is 0 Å². The summed E-state index contributed by atoms with van der Waals surface area (Å²) in [5.74, 6) is 0. The van der Waals surface area contributed by atoms with E-state index in [-0.39, 0.29) is 6.04 Å². The van der Waals surface area contributed by atoms with Crippen LogP contribution < -0.4 is 5.32 Å². The molecule has 0 spiro atoms. The van der Waals surface area contributed by atoms with Gasteiger partial charge in [-0.05, 0) is 31.5 Å². The quantitative estimate of drug-likeness (QED) is 0.738. The lowest BCUT2D eigenvalue weighted by Gasteiger charge is -2.18. The maximum Gasteiger partial charge on any atom is 0.0546 e. The number of rotatable bonds is 4. The Kier molecular flexibility index (Phi) is 3.84. The molecule has 0 fully saturated rings. The fourth-order valence-corrected chi connectivity index (χ4v) is 1.52. The summed E-state index contributed by atoms with van der Waals surface area (Å²) in [5.41, 5.74) is 3.50. The number of hydrogen-bond acceptors (Lipinski definition) is 2. The second-order valence-corrected chi connectivity index (χ2v) is 3.63. The molecule has 0 bridgehead atoms. The summed E-state index contributed by atoms with van der Waals surface area (Å²) in [6.45, 7) is 11.1. The number of pyridine rings is 1. The lowest BCUT2D eigenvalue weighted by molar-refractivity contribution is 0.619. The number of nitrogens with one attached hydrogen (secondary N) is 1. The number of likely N-dealkylation sites (N-methyl/N-ethyl adjacent to an activating group) is 1. The van der Waals surface area contributed by atoms with Crippen LogP contribution in [0.1, 0.15) is 31.0 Å². The van der Waals surface area contributed by atoms with E-state index in [0.29, 0.717) is 0 Å². The number of nitrogens with zero attached hydrogens (tertiary/aromatic N) is 1. The first kappa shape index (κ1) is 10.9. The summed E-state index contributed by atoms with van der Waals surface area (Å²) >= 11 is 0. The van der Waals surface area contributed by atoms with Crippen molar-refractivity contribution in [3.05, 3.63) is 41.7 Å². The van der Waals surface area contributed by atoms with Crippen LogP contribution in [0, 0.1) is 6.92 Å². The highest BCUT2D eigenvalue weighted by Gasteiger charge is 2.10. The average molecular weight is 190 g/mol. The van der Waals surface area contributed by atoms with E-state index < -0.39 is 0 Å². The molecule has 14 heavy (non-hydrogen) atoms. The van der Waals surface area contributed by atoms with E-state index in [9.17, 15) is 0 Å². The van der Waals surface area contributed by atoms with Gasteiger partial charge >= 0.3 is 0 Å². The van der Waals surface area contributed by atoms with Gasteiger partial charge in [0.1, 0.15) is 0 Å². The van der Waals surface area contributed by atoms with Gasteiger partial charge in [-0.1, -0.05) is 25.1 Å². The molecule has 0 aliphatic heterocycles. The van der Waals surface area contributed by atoms with E-state index >= 15 is 0 Å². The Balaban J connectivity index is 2.93. The molecule has 0 amide bonds. The third kappa shape index (κ3) is 2.67. The first-order valence-electron chi connectivity index (χ1n) is 4.95. The predicted octanol–water partition coefficient (Wildman–Crippen LogP) is 2.62. The lowest BCUT2D eigenvalue weighted by Crippen LogP contribution is -2.21. The van der Waals surface area contributed by atoms with Crippen LogP contribution in [-0.2, 0) is 0 Å². The van der Waals surface area contributed by atoms with Crippen molar-refractivity contribution in [2.75, 3.05) is 6.54 Å². The summed E-state index contributed by atoms with van der Waals surface area (Å²) < 4.78 is 0. The molecule has 0 radical (unpaired) electrons. The van der Waals surface area contributed by atoms with Gasteiger partial charge in [-0.2, -0.15) is 0 Å². The maximum atomic E-state index is 4.19. The number of aromatic nitrogens is 1. The molecule has 76 valence electrons. The molecule has 2 heteroatoms. The van der Waals surface area contributed by atoms with Gasteiger partial charge in [0.2, 0.25) is 0 Å². The number of aryl methyl sites for hydroxylation is 1. The lowest BCUT2D eigenvalue weighted by atomic mass is 10.0. The highest BCUT2D eigenvalue weighted by molar-refractivity contribution is 5.26. The molecule has 1 atom stereocenters. The van der Waals surface area contributed by atoms with Gasteiger partial charge in [-0.25, -0.2) is 0 Å². The Morgan fingerprint density at radius 2 is 2.29 bits per heavy atom. The van der Waals surface area contributed by atoms with Crippen LogP contribution in [0.3, 0.4) is 0 Å². The highest BCUT2D eigenvalue weighted by Crippen LogP contribution is 2.19. The normalized spacial score (nSPS) is 12.5. The molecule has 0 saturated heterocycles.